The summed E-state index contributed by atoms with van der Waals surface area (Å²) < 4.78 is 0. The van der Waals surface area contributed by atoms with Crippen LogP contribution >= 0.6 is 0 Å². The number of amides is 3. The van der Waals surface area contributed by atoms with Crippen molar-refractivity contribution in [3.63, 3.8) is 0 Å². The number of hydrogen-bond acceptors (Lipinski definition) is 3. The lowest BCUT2D eigenvalue weighted by Crippen LogP contribution is -2.46. The molecule has 1 rings (SSSR count). The lowest BCUT2D eigenvalue weighted by atomic mass is 10.3. The average Bonchev–Trinajstić information content (AvgIpc) is 2.42. The van der Waals surface area contributed by atoms with E-state index in [9.17, 15) is 9.59 Å². The van der Waals surface area contributed by atoms with E-state index in [1.54, 1.807) is 12.1 Å². The van der Waals surface area contributed by atoms with Crippen molar-refractivity contribution in [1.82, 2.24) is 21.1 Å². The van der Waals surface area contributed by atoms with Gasteiger partial charge in [0.2, 0.25) is 0 Å². The summed E-state index contributed by atoms with van der Waals surface area (Å²) in [5, 5.41) is 6.88. The fourth-order valence-corrected chi connectivity index (χ4v) is 1.23. The Morgan fingerprint density at radius 3 is 2.93 bits per heavy atom. The maximum absolute atomic E-state index is 11.2. The van der Waals surface area contributed by atoms with Crippen LogP contribution in [0.5, 0.6) is 0 Å². The van der Waals surface area contributed by atoms with E-state index in [0.29, 0.717) is 13.1 Å². The minimum absolute atomic E-state index is 0.167. The van der Waals surface area contributed by atoms with E-state index in [1.165, 1.54) is 0 Å². The Labute approximate surface area is 83.0 Å². The third kappa shape index (κ3) is 2.88. The van der Waals surface area contributed by atoms with Crippen LogP contribution < -0.4 is 16.1 Å². The molecule has 1 saturated heterocycles. The highest BCUT2D eigenvalue weighted by molar-refractivity contribution is 5.88. The van der Waals surface area contributed by atoms with Crippen molar-refractivity contribution in [2.24, 2.45) is 0 Å². The van der Waals surface area contributed by atoms with Crippen LogP contribution in [0.1, 0.15) is 13.3 Å². The number of hydrogen-bond donors (Lipinski definition) is 3. The highest BCUT2D eigenvalue weighted by atomic mass is 16.2. The van der Waals surface area contributed by atoms with Gasteiger partial charge in [0.15, 0.2) is 0 Å². The second-order valence-electron chi connectivity index (χ2n) is 3.31. The SMILES string of the molecule is CCCNC(=O)NC1CN(C)NC1=O. The Bertz CT molecular complexity index is 231. The number of carbonyl (C=O) groups is 2. The molecule has 0 aromatic carbocycles. The zero-order valence-electron chi connectivity index (χ0n) is 8.46. The van der Waals surface area contributed by atoms with Crippen LogP contribution in [0, 0.1) is 0 Å². The van der Waals surface area contributed by atoms with Gasteiger partial charge in [0.25, 0.3) is 5.91 Å². The van der Waals surface area contributed by atoms with E-state index < -0.39 is 6.04 Å². The minimum atomic E-state index is -0.447. The molecule has 6 nitrogen and oxygen atoms in total. The van der Waals surface area contributed by atoms with Crippen LogP contribution in [0.3, 0.4) is 0 Å². The van der Waals surface area contributed by atoms with Crippen LogP contribution in [0.25, 0.3) is 0 Å². The summed E-state index contributed by atoms with van der Waals surface area (Å²) in [4.78, 5) is 22.4. The molecule has 0 bridgehead atoms. The maximum Gasteiger partial charge on any atom is 0.315 e. The summed E-state index contributed by atoms with van der Waals surface area (Å²) in [6.07, 6.45) is 0.879. The molecule has 1 aliphatic heterocycles. The van der Waals surface area contributed by atoms with E-state index in [4.69, 9.17) is 0 Å². The molecule has 1 heterocycles. The molecule has 0 spiro atoms. The lowest BCUT2D eigenvalue weighted by molar-refractivity contribution is -0.122. The molecule has 6 heteroatoms. The lowest BCUT2D eigenvalue weighted by Gasteiger charge is -2.10. The van der Waals surface area contributed by atoms with Gasteiger partial charge >= 0.3 is 6.03 Å². The molecule has 3 amide bonds. The molecule has 1 aliphatic rings. The smallest absolute Gasteiger partial charge is 0.315 e. The van der Waals surface area contributed by atoms with Gasteiger partial charge in [0.05, 0.1) is 0 Å². The van der Waals surface area contributed by atoms with Gasteiger partial charge in [-0.1, -0.05) is 6.92 Å². The number of urea groups is 1. The van der Waals surface area contributed by atoms with Crippen LogP contribution in [0.4, 0.5) is 4.79 Å². The first-order chi connectivity index (χ1) is 6.63. The fraction of sp³-hybridized carbons (Fsp3) is 0.750. The van der Waals surface area contributed by atoms with Gasteiger partial charge in [-0.3, -0.25) is 10.2 Å². The van der Waals surface area contributed by atoms with E-state index in [1.807, 2.05) is 6.92 Å². The molecule has 0 saturated carbocycles. The van der Waals surface area contributed by atoms with Crippen LogP contribution in [-0.2, 0) is 4.79 Å². The van der Waals surface area contributed by atoms with Crippen LogP contribution in [-0.4, -0.2) is 43.1 Å². The zero-order valence-corrected chi connectivity index (χ0v) is 8.46. The number of hydrazine groups is 1. The summed E-state index contributed by atoms with van der Waals surface area (Å²) in [5.41, 5.74) is 2.58. The van der Waals surface area contributed by atoms with E-state index in [2.05, 4.69) is 16.1 Å². The molecular formula is C8H16N4O2. The van der Waals surface area contributed by atoms with Crippen molar-refractivity contribution in [3.05, 3.63) is 0 Å². The summed E-state index contributed by atoms with van der Waals surface area (Å²) in [6.45, 7) is 3.09. The number of likely N-dealkylation sites (N-methyl/N-ethyl adjacent to an activating group) is 1. The third-order valence-corrected chi connectivity index (χ3v) is 1.91. The molecule has 1 unspecified atom stereocenters. The first-order valence-electron chi connectivity index (χ1n) is 4.69. The first-order valence-corrected chi connectivity index (χ1v) is 4.69. The normalized spacial score (nSPS) is 21.9. The second kappa shape index (κ2) is 4.80. The first kappa shape index (κ1) is 10.8. The van der Waals surface area contributed by atoms with E-state index in [0.717, 1.165) is 6.42 Å². The largest absolute Gasteiger partial charge is 0.338 e. The Morgan fingerprint density at radius 2 is 2.43 bits per heavy atom. The predicted molar refractivity (Wildman–Crippen MR) is 51.4 cm³/mol. The molecule has 0 radical (unpaired) electrons. The Kier molecular flexibility index (Phi) is 3.70. The Balaban J connectivity index is 2.30. The molecule has 1 fully saturated rings. The van der Waals surface area contributed by atoms with Crippen molar-refractivity contribution in [2.75, 3.05) is 20.1 Å². The maximum atomic E-state index is 11.2. The van der Waals surface area contributed by atoms with Crippen molar-refractivity contribution >= 4 is 11.9 Å². The molecule has 0 aliphatic carbocycles. The van der Waals surface area contributed by atoms with Gasteiger partial charge < -0.3 is 10.6 Å². The number of nitrogens with one attached hydrogen (secondary N) is 3. The molecule has 80 valence electrons. The average molecular weight is 200 g/mol. The van der Waals surface area contributed by atoms with Crippen molar-refractivity contribution in [3.8, 4) is 0 Å². The van der Waals surface area contributed by atoms with Gasteiger partial charge in [-0.15, -0.1) is 0 Å². The van der Waals surface area contributed by atoms with Crippen LogP contribution in [0.2, 0.25) is 0 Å². The van der Waals surface area contributed by atoms with E-state index in [-0.39, 0.29) is 11.9 Å². The standard InChI is InChI=1S/C8H16N4O2/c1-3-4-9-8(14)10-6-5-12(2)11-7(6)13/h6H,3-5H2,1-2H3,(H,11,13)(H2,9,10,14). The minimum Gasteiger partial charge on any atom is -0.338 e. The van der Waals surface area contributed by atoms with Gasteiger partial charge in [-0.05, 0) is 6.42 Å². The van der Waals surface area contributed by atoms with Gasteiger partial charge in [-0.25, -0.2) is 9.80 Å². The van der Waals surface area contributed by atoms with Gasteiger partial charge in [0.1, 0.15) is 6.04 Å². The third-order valence-electron chi connectivity index (χ3n) is 1.91. The van der Waals surface area contributed by atoms with Crippen molar-refractivity contribution < 1.29 is 9.59 Å². The summed E-state index contributed by atoms with van der Waals surface area (Å²) in [5.74, 6) is -0.167. The van der Waals surface area contributed by atoms with Crippen molar-refractivity contribution in [2.45, 2.75) is 19.4 Å². The summed E-state index contributed by atoms with van der Waals surface area (Å²) in [6, 6.07) is -0.737. The van der Waals surface area contributed by atoms with Crippen molar-refractivity contribution in [1.29, 1.82) is 0 Å². The predicted octanol–water partition coefficient (Wildman–Crippen LogP) is -0.959. The van der Waals surface area contributed by atoms with Gasteiger partial charge in [-0.2, -0.15) is 0 Å². The van der Waals surface area contributed by atoms with E-state index >= 15 is 0 Å². The number of rotatable bonds is 3. The Morgan fingerprint density at radius 1 is 1.71 bits per heavy atom. The monoisotopic (exact) mass is 200 g/mol. The molecule has 3 N–H and O–H groups in total. The summed E-state index contributed by atoms with van der Waals surface area (Å²) in [7, 11) is 1.75. The number of nitrogens with zero attached hydrogens (tertiary/aromatic N) is 1. The molecule has 0 aromatic heterocycles. The van der Waals surface area contributed by atoms with Crippen LogP contribution in [0.15, 0.2) is 0 Å². The Hall–Kier alpha value is -1.30. The highest BCUT2D eigenvalue weighted by Gasteiger charge is 2.29. The highest BCUT2D eigenvalue weighted by Crippen LogP contribution is 1.96. The molecule has 0 aromatic rings. The zero-order chi connectivity index (χ0) is 10.6. The fourth-order valence-electron chi connectivity index (χ4n) is 1.23. The van der Waals surface area contributed by atoms with Gasteiger partial charge in [0, 0.05) is 20.1 Å². The summed E-state index contributed by atoms with van der Waals surface area (Å²) >= 11 is 0. The second-order valence-corrected chi connectivity index (χ2v) is 3.31. The topological polar surface area (TPSA) is 73.5 Å². The molecular weight excluding hydrogens is 184 g/mol. The number of carbonyl (C=O) groups excluding carboxylic acids is 2. The molecule has 14 heavy (non-hydrogen) atoms. The molecule has 1 atom stereocenters. The quantitative estimate of drug-likeness (QED) is 0.549.